The molecular weight excluding hydrogens is 253 g/mol. The summed E-state index contributed by atoms with van der Waals surface area (Å²) in [4.78, 5) is 0. The average Bonchev–Trinajstić information content (AvgIpc) is 2.07. The predicted octanol–water partition coefficient (Wildman–Crippen LogP) is 2.47. The van der Waals surface area contributed by atoms with Gasteiger partial charge in [0, 0.05) is 0 Å². The number of hydrogen-bond donors (Lipinski definition) is 2. The SMILES string of the molecule is Cl.NCCCc1ccc(O)c(Br)c1. The maximum absolute atomic E-state index is 9.20. The third kappa shape index (κ3) is 3.98. The van der Waals surface area contributed by atoms with Gasteiger partial charge in [-0.05, 0) is 53.0 Å². The Balaban J connectivity index is 0.00000144. The molecule has 0 unspecified atom stereocenters. The van der Waals surface area contributed by atoms with Crippen molar-refractivity contribution in [1.82, 2.24) is 0 Å². The lowest BCUT2D eigenvalue weighted by molar-refractivity contribution is 0.471. The van der Waals surface area contributed by atoms with E-state index in [1.807, 2.05) is 12.1 Å². The first-order valence-corrected chi connectivity index (χ1v) is 4.71. The lowest BCUT2D eigenvalue weighted by Gasteiger charge is -2.01. The van der Waals surface area contributed by atoms with Gasteiger partial charge in [-0.3, -0.25) is 0 Å². The molecule has 1 aromatic rings. The Labute approximate surface area is 92.7 Å². The summed E-state index contributed by atoms with van der Waals surface area (Å²) in [6.07, 6.45) is 1.95. The summed E-state index contributed by atoms with van der Waals surface area (Å²) in [5.41, 5.74) is 6.58. The highest BCUT2D eigenvalue weighted by molar-refractivity contribution is 9.10. The summed E-state index contributed by atoms with van der Waals surface area (Å²) < 4.78 is 0.747. The number of aryl methyl sites for hydroxylation is 1. The monoisotopic (exact) mass is 265 g/mol. The van der Waals surface area contributed by atoms with E-state index in [-0.39, 0.29) is 18.2 Å². The molecule has 1 aromatic carbocycles. The van der Waals surface area contributed by atoms with Crippen LogP contribution in [-0.2, 0) is 6.42 Å². The molecule has 13 heavy (non-hydrogen) atoms. The van der Waals surface area contributed by atoms with Crippen molar-refractivity contribution in [3.05, 3.63) is 28.2 Å². The first-order chi connectivity index (χ1) is 5.74. The summed E-state index contributed by atoms with van der Waals surface area (Å²) in [5, 5.41) is 9.20. The van der Waals surface area contributed by atoms with E-state index in [4.69, 9.17) is 5.73 Å². The van der Waals surface area contributed by atoms with Crippen molar-refractivity contribution >= 4 is 28.3 Å². The zero-order valence-electron chi connectivity index (χ0n) is 7.16. The Hall–Kier alpha value is -0.250. The lowest BCUT2D eigenvalue weighted by Crippen LogP contribution is -2.00. The van der Waals surface area contributed by atoms with Crippen LogP contribution >= 0.6 is 28.3 Å². The first-order valence-electron chi connectivity index (χ1n) is 3.91. The van der Waals surface area contributed by atoms with E-state index in [0.717, 1.165) is 17.3 Å². The maximum Gasteiger partial charge on any atom is 0.129 e. The van der Waals surface area contributed by atoms with Crippen LogP contribution in [0, 0.1) is 0 Å². The van der Waals surface area contributed by atoms with E-state index in [2.05, 4.69) is 15.9 Å². The van der Waals surface area contributed by atoms with Crippen LogP contribution in [0.5, 0.6) is 5.75 Å². The molecule has 0 aliphatic heterocycles. The topological polar surface area (TPSA) is 46.2 Å². The second-order valence-electron chi connectivity index (χ2n) is 2.68. The number of phenolic OH excluding ortho intramolecular Hbond substituents is 1. The van der Waals surface area contributed by atoms with Crippen molar-refractivity contribution in [2.45, 2.75) is 12.8 Å². The summed E-state index contributed by atoms with van der Waals surface area (Å²) in [6, 6.07) is 5.52. The minimum atomic E-state index is 0. The molecule has 0 aromatic heterocycles. The fourth-order valence-electron chi connectivity index (χ4n) is 1.01. The molecule has 3 N–H and O–H groups in total. The highest BCUT2D eigenvalue weighted by Crippen LogP contribution is 2.24. The molecule has 0 aliphatic rings. The van der Waals surface area contributed by atoms with Crippen LogP contribution in [0.4, 0.5) is 0 Å². The standard InChI is InChI=1S/C9H12BrNO.ClH/c10-8-6-7(2-1-5-11)3-4-9(8)12;/h3-4,6,12H,1-2,5,11H2;1H. The highest BCUT2D eigenvalue weighted by Gasteiger charge is 1.98. The van der Waals surface area contributed by atoms with Gasteiger partial charge < -0.3 is 10.8 Å². The molecule has 0 bridgehead atoms. The molecule has 0 amide bonds. The summed E-state index contributed by atoms with van der Waals surface area (Å²) in [6.45, 7) is 0.707. The van der Waals surface area contributed by atoms with Crippen LogP contribution in [0.1, 0.15) is 12.0 Å². The Bertz CT molecular complexity index is 268. The third-order valence-corrected chi connectivity index (χ3v) is 2.32. The van der Waals surface area contributed by atoms with Gasteiger partial charge in [-0.15, -0.1) is 12.4 Å². The second kappa shape index (κ2) is 6.24. The number of rotatable bonds is 3. The van der Waals surface area contributed by atoms with Crippen molar-refractivity contribution in [3.8, 4) is 5.75 Å². The van der Waals surface area contributed by atoms with Gasteiger partial charge >= 0.3 is 0 Å². The number of halogens is 2. The van der Waals surface area contributed by atoms with Gasteiger partial charge in [0.05, 0.1) is 4.47 Å². The molecule has 0 heterocycles. The molecular formula is C9H13BrClNO. The van der Waals surface area contributed by atoms with Crippen LogP contribution < -0.4 is 5.73 Å². The van der Waals surface area contributed by atoms with Crippen molar-refractivity contribution < 1.29 is 5.11 Å². The number of nitrogens with two attached hydrogens (primary N) is 1. The van der Waals surface area contributed by atoms with Crippen molar-refractivity contribution in [2.75, 3.05) is 6.54 Å². The maximum atomic E-state index is 9.20. The average molecular weight is 267 g/mol. The number of phenols is 1. The minimum Gasteiger partial charge on any atom is -0.507 e. The minimum absolute atomic E-state index is 0. The lowest BCUT2D eigenvalue weighted by atomic mass is 10.1. The van der Waals surface area contributed by atoms with Crippen LogP contribution in [-0.4, -0.2) is 11.7 Å². The normalized spacial score (nSPS) is 9.38. The quantitative estimate of drug-likeness (QED) is 0.883. The van der Waals surface area contributed by atoms with Gasteiger partial charge in [0.25, 0.3) is 0 Å². The van der Waals surface area contributed by atoms with E-state index in [0.29, 0.717) is 6.54 Å². The molecule has 0 saturated heterocycles. The molecule has 0 atom stereocenters. The predicted molar refractivity (Wildman–Crippen MR) is 60.4 cm³/mol. The number of aromatic hydroxyl groups is 1. The second-order valence-corrected chi connectivity index (χ2v) is 3.53. The molecule has 0 spiro atoms. The molecule has 4 heteroatoms. The third-order valence-electron chi connectivity index (χ3n) is 1.68. The van der Waals surface area contributed by atoms with Crippen LogP contribution in [0.2, 0.25) is 0 Å². The smallest absolute Gasteiger partial charge is 0.129 e. The van der Waals surface area contributed by atoms with Crippen LogP contribution in [0.3, 0.4) is 0 Å². The van der Waals surface area contributed by atoms with E-state index in [1.165, 1.54) is 5.56 Å². The number of benzene rings is 1. The van der Waals surface area contributed by atoms with Gasteiger partial charge in [0.1, 0.15) is 5.75 Å². The van der Waals surface area contributed by atoms with E-state index >= 15 is 0 Å². The van der Waals surface area contributed by atoms with E-state index in [9.17, 15) is 5.11 Å². The van der Waals surface area contributed by atoms with Crippen molar-refractivity contribution in [3.63, 3.8) is 0 Å². The molecule has 2 nitrogen and oxygen atoms in total. The molecule has 74 valence electrons. The molecule has 0 fully saturated rings. The van der Waals surface area contributed by atoms with Gasteiger partial charge in [0.2, 0.25) is 0 Å². The van der Waals surface area contributed by atoms with Crippen molar-refractivity contribution in [1.29, 1.82) is 0 Å². The number of hydrogen-bond acceptors (Lipinski definition) is 2. The van der Waals surface area contributed by atoms with Crippen LogP contribution in [0.25, 0.3) is 0 Å². The first kappa shape index (κ1) is 12.8. The van der Waals surface area contributed by atoms with Gasteiger partial charge in [-0.1, -0.05) is 6.07 Å². The van der Waals surface area contributed by atoms with E-state index in [1.54, 1.807) is 6.07 Å². The largest absolute Gasteiger partial charge is 0.507 e. The molecule has 1 rings (SSSR count). The Morgan fingerprint density at radius 1 is 1.38 bits per heavy atom. The van der Waals surface area contributed by atoms with Crippen LogP contribution in [0.15, 0.2) is 22.7 Å². The van der Waals surface area contributed by atoms with Gasteiger partial charge in [0.15, 0.2) is 0 Å². The summed E-state index contributed by atoms with van der Waals surface area (Å²) in [7, 11) is 0. The Kier molecular flexibility index (Phi) is 6.12. The highest BCUT2D eigenvalue weighted by atomic mass is 79.9. The van der Waals surface area contributed by atoms with Gasteiger partial charge in [-0.25, -0.2) is 0 Å². The fraction of sp³-hybridized carbons (Fsp3) is 0.333. The Morgan fingerprint density at radius 2 is 2.08 bits per heavy atom. The van der Waals surface area contributed by atoms with Crippen molar-refractivity contribution in [2.24, 2.45) is 5.73 Å². The zero-order valence-corrected chi connectivity index (χ0v) is 9.57. The Morgan fingerprint density at radius 3 is 2.62 bits per heavy atom. The summed E-state index contributed by atoms with van der Waals surface area (Å²) >= 11 is 3.26. The summed E-state index contributed by atoms with van der Waals surface area (Å²) in [5.74, 6) is 0.284. The van der Waals surface area contributed by atoms with E-state index < -0.39 is 0 Å². The molecule has 0 saturated carbocycles. The fourth-order valence-corrected chi connectivity index (χ4v) is 1.44. The molecule has 0 aliphatic carbocycles. The zero-order chi connectivity index (χ0) is 8.97. The van der Waals surface area contributed by atoms with Gasteiger partial charge in [-0.2, -0.15) is 0 Å². The molecule has 0 radical (unpaired) electrons.